The standard InChI is InChI=1S/C11H11ClF3NO4S/c12-8-4-7(11(13,14)15)5-9(6-8)21(19,20)16-3-1-2-10(17)18/h4-6,16H,1-3H2,(H,17,18). The number of rotatable bonds is 6. The number of carbonyl (C=O) groups is 1. The van der Waals surface area contributed by atoms with Crippen molar-refractivity contribution in [1.82, 2.24) is 4.72 Å². The van der Waals surface area contributed by atoms with Gasteiger partial charge in [-0.2, -0.15) is 13.2 Å². The molecule has 1 aromatic rings. The number of alkyl halides is 3. The summed E-state index contributed by atoms with van der Waals surface area (Å²) >= 11 is 5.50. The SMILES string of the molecule is O=C(O)CCCNS(=O)(=O)c1cc(Cl)cc(C(F)(F)F)c1. The summed E-state index contributed by atoms with van der Waals surface area (Å²) in [4.78, 5) is 9.65. The second-order valence-corrected chi connectivity index (χ2v) is 6.27. The van der Waals surface area contributed by atoms with Gasteiger partial charge in [-0.05, 0) is 24.6 Å². The van der Waals surface area contributed by atoms with E-state index in [2.05, 4.69) is 0 Å². The van der Waals surface area contributed by atoms with Crippen LogP contribution in [0.25, 0.3) is 0 Å². The minimum atomic E-state index is -4.72. The Hall–Kier alpha value is -1.32. The van der Waals surface area contributed by atoms with Gasteiger partial charge >= 0.3 is 12.1 Å². The maximum Gasteiger partial charge on any atom is 0.416 e. The quantitative estimate of drug-likeness (QED) is 0.776. The van der Waals surface area contributed by atoms with E-state index in [1.165, 1.54) is 0 Å². The van der Waals surface area contributed by atoms with E-state index in [4.69, 9.17) is 16.7 Å². The summed E-state index contributed by atoms with van der Waals surface area (Å²) in [7, 11) is -4.19. The van der Waals surface area contributed by atoms with Gasteiger partial charge < -0.3 is 5.11 Å². The highest BCUT2D eigenvalue weighted by molar-refractivity contribution is 7.89. The summed E-state index contributed by atoms with van der Waals surface area (Å²) in [5.41, 5.74) is -1.18. The first-order chi connectivity index (χ1) is 9.52. The molecule has 10 heteroatoms. The summed E-state index contributed by atoms with van der Waals surface area (Å²) in [5, 5.41) is 8.04. The third-order valence-corrected chi connectivity index (χ3v) is 4.03. The Balaban J connectivity index is 2.93. The average molecular weight is 346 g/mol. The summed E-state index contributed by atoms with van der Waals surface area (Å²) in [6, 6.07) is 1.97. The normalized spacial score (nSPS) is 12.4. The van der Waals surface area contributed by atoms with Crippen LogP contribution in [0.5, 0.6) is 0 Å². The van der Waals surface area contributed by atoms with E-state index in [0.717, 1.165) is 6.07 Å². The van der Waals surface area contributed by atoms with Gasteiger partial charge in [-0.3, -0.25) is 4.79 Å². The molecule has 0 aromatic heterocycles. The topological polar surface area (TPSA) is 83.5 Å². The van der Waals surface area contributed by atoms with E-state index in [-0.39, 0.29) is 24.4 Å². The lowest BCUT2D eigenvalue weighted by Crippen LogP contribution is -2.25. The Morgan fingerprint density at radius 2 is 1.90 bits per heavy atom. The van der Waals surface area contributed by atoms with Gasteiger partial charge in [-0.1, -0.05) is 11.6 Å². The zero-order valence-corrected chi connectivity index (χ0v) is 12.0. The first-order valence-electron chi connectivity index (χ1n) is 5.61. The molecule has 0 aliphatic rings. The van der Waals surface area contributed by atoms with Crippen molar-refractivity contribution >= 4 is 27.6 Å². The van der Waals surface area contributed by atoms with Crippen molar-refractivity contribution in [3.63, 3.8) is 0 Å². The predicted octanol–water partition coefficient (Wildman–Crippen LogP) is 2.50. The summed E-state index contributed by atoms with van der Waals surface area (Å²) < 4.78 is 63.4. The van der Waals surface area contributed by atoms with Crippen molar-refractivity contribution in [3.05, 3.63) is 28.8 Å². The molecule has 0 aliphatic carbocycles. The predicted molar refractivity (Wildman–Crippen MR) is 68.5 cm³/mol. The highest BCUT2D eigenvalue weighted by atomic mass is 35.5. The second kappa shape index (κ2) is 6.63. The third-order valence-electron chi connectivity index (χ3n) is 2.37. The van der Waals surface area contributed by atoms with Crippen LogP contribution in [0.1, 0.15) is 18.4 Å². The molecule has 1 rings (SSSR count). The molecule has 5 nitrogen and oxygen atoms in total. The minimum absolute atomic E-state index is 0.0151. The lowest BCUT2D eigenvalue weighted by molar-refractivity contribution is -0.138. The Morgan fingerprint density at radius 3 is 2.43 bits per heavy atom. The van der Waals surface area contributed by atoms with Gasteiger partial charge in [0.05, 0.1) is 10.5 Å². The third kappa shape index (κ3) is 5.52. The first-order valence-corrected chi connectivity index (χ1v) is 7.48. The van der Waals surface area contributed by atoms with E-state index < -0.39 is 32.6 Å². The molecule has 0 bridgehead atoms. The average Bonchev–Trinajstić information content (AvgIpc) is 2.32. The monoisotopic (exact) mass is 345 g/mol. The van der Waals surface area contributed by atoms with Gasteiger partial charge in [0, 0.05) is 18.0 Å². The van der Waals surface area contributed by atoms with Crippen LogP contribution in [0.3, 0.4) is 0 Å². The van der Waals surface area contributed by atoms with Crippen molar-refractivity contribution < 1.29 is 31.5 Å². The summed E-state index contributed by atoms with van der Waals surface area (Å²) in [5.74, 6) is -1.10. The molecular formula is C11H11ClF3NO4S. The van der Waals surface area contributed by atoms with Gasteiger partial charge in [-0.25, -0.2) is 13.1 Å². The van der Waals surface area contributed by atoms with E-state index >= 15 is 0 Å². The maximum absolute atomic E-state index is 12.6. The fourth-order valence-corrected chi connectivity index (χ4v) is 2.85. The van der Waals surface area contributed by atoms with Crippen LogP contribution in [0.2, 0.25) is 5.02 Å². The van der Waals surface area contributed by atoms with Crippen LogP contribution in [-0.2, 0) is 21.0 Å². The Bertz CT molecular complexity index is 631. The smallest absolute Gasteiger partial charge is 0.416 e. The maximum atomic E-state index is 12.6. The van der Waals surface area contributed by atoms with Crippen molar-refractivity contribution in [3.8, 4) is 0 Å². The molecule has 118 valence electrons. The van der Waals surface area contributed by atoms with E-state index in [1.807, 2.05) is 4.72 Å². The van der Waals surface area contributed by atoms with Crippen molar-refractivity contribution in [2.24, 2.45) is 0 Å². The second-order valence-electron chi connectivity index (χ2n) is 4.07. The molecule has 0 unspecified atom stereocenters. The number of hydrogen-bond acceptors (Lipinski definition) is 3. The highest BCUT2D eigenvalue weighted by Gasteiger charge is 2.32. The molecular weight excluding hydrogens is 335 g/mol. The van der Waals surface area contributed by atoms with E-state index in [0.29, 0.717) is 12.1 Å². The lowest BCUT2D eigenvalue weighted by atomic mass is 10.2. The van der Waals surface area contributed by atoms with Crippen LogP contribution in [-0.4, -0.2) is 26.0 Å². The molecule has 0 heterocycles. The molecule has 2 N–H and O–H groups in total. The molecule has 0 amide bonds. The Morgan fingerprint density at radius 1 is 1.29 bits per heavy atom. The fourth-order valence-electron chi connectivity index (χ4n) is 1.41. The van der Waals surface area contributed by atoms with Crippen LogP contribution in [0.4, 0.5) is 13.2 Å². The molecule has 0 saturated heterocycles. The minimum Gasteiger partial charge on any atom is -0.481 e. The van der Waals surface area contributed by atoms with Crippen LogP contribution in [0.15, 0.2) is 23.1 Å². The molecule has 0 saturated carbocycles. The molecule has 1 aromatic carbocycles. The van der Waals surface area contributed by atoms with E-state index in [9.17, 15) is 26.4 Å². The Kier molecular flexibility index (Phi) is 5.60. The fraction of sp³-hybridized carbons (Fsp3) is 0.364. The number of aliphatic carboxylic acids is 1. The molecule has 0 atom stereocenters. The van der Waals surface area contributed by atoms with Crippen LogP contribution in [0, 0.1) is 0 Å². The number of halogens is 4. The number of benzene rings is 1. The van der Waals surface area contributed by atoms with Gasteiger partial charge in [0.25, 0.3) is 0 Å². The number of sulfonamides is 1. The van der Waals surface area contributed by atoms with E-state index in [1.54, 1.807) is 0 Å². The zero-order valence-electron chi connectivity index (χ0n) is 10.4. The molecule has 21 heavy (non-hydrogen) atoms. The summed E-state index contributed by atoms with van der Waals surface area (Å²) in [6.45, 7) is -0.206. The highest BCUT2D eigenvalue weighted by Crippen LogP contribution is 2.32. The number of nitrogens with one attached hydrogen (secondary N) is 1. The summed E-state index contributed by atoms with van der Waals surface area (Å²) in [6.07, 6.45) is -4.97. The molecule has 0 radical (unpaired) electrons. The lowest BCUT2D eigenvalue weighted by Gasteiger charge is -2.11. The molecule has 0 spiro atoms. The largest absolute Gasteiger partial charge is 0.481 e. The van der Waals surface area contributed by atoms with Gasteiger partial charge in [0.15, 0.2) is 0 Å². The van der Waals surface area contributed by atoms with Crippen molar-refractivity contribution in [2.45, 2.75) is 23.9 Å². The van der Waals surface area contributed by atoms with Crippen molar-refractivity contribution in [2.75, 3.05) is 6.54 Å². The van der Waals surface area contributed by atoms with Crippen molar-refractivity contribution in [1.29, 1.82) is 0 Å². The number of hydrogen-bond donors (Lipinski definition) is 2. The molecule has 0 aliphatic heterocycles. The van der Waals surface area contributed by atoms with Gasteiger partial charge in [0.2, 0.25) is 10.0 Å². The van der Waals surface area contributed by atoms with Gasteiger partial charge in [0.1, 0.15) is 0 Å². The van der Waals surface area contributed by atoms with Crippen LogP contribution >= 0.6 is 11.6 Å². The number of carboxylic acid groups (broad SMARTS) is 1. The number of carboxylic acids is 1. The first kappa shape index (κ1) is 17.7. The van der Waals surface area contributed by atoms with Gasteiger partial charge in [-0.15, -0.1) is 0 Å². The molecule has 0 fully saturated rings. The Labute approximate surface area is 123 Å². The van der Waals surface area contributed by atoms with Crippen LogP contribution < -0.4 is 4.72 Å². The zero-order chi connectivity index (χ0) is 16.3.